The van der Waals surface area contributed by atoms with E-state index in [1.165, 1.54) is 57.9 Å². The summed E-state index contributed by atoms with van der Waals surface area (Å²) in [6, 6.07) is 0. The number of ether oxygens (including phenoxy) is 1. The van der Waals surface area contributed by atoms with Crippen molar-refractivity contribution in [3.8, 4) is 0 Å². The molecule has 4 heteroatoms. The molecule has 134 valence electrons. The van der Waals surface area contributed by atoms with Crippen LogP contribution in [0.25, 0.3) is 0 Å². The largest absolute Gasteiger partial charge is 0.463 e. The second-order valence-corrected chi connectivity index (χ2v) is 5.78. The average Bonchev–Trinajstić information content (AvgIpc) is 2.42. The first-order valence-corrected chi connectivity index (χ1v) is 8.43. The maximum atomic E-state index is 10.4. The molecule has 0 aliphatic carbocycles. The molecule has 0 fully saturated rings. The van der Waals surface area contributed by atoms with Crippen molar-refractivity contribution >= 4 is 23.0 Å². The molecule has 22 heavy (non-hydrogen) atoms. The summed E-state index contributed by atoms with van der Waals surface area (Å²) in [7, 11) is 4.31. The van der Waals surface area contributed by atoms with Gasteiger partial charge in [-0.15, -0.1) is 17.0 Å². The quantitative estimate of drug-likeness (QED) is 0.273. The third kappa shape index (κ3) is 24.7. The second kappa shape index (κ2) is 20.6. The van der Waals surface area contributed by atoms with Gasteiger partial charge in [-0.3, -0.25) is 0 Å². The first kappa shape index (κ1) is 26.5. The van der Waals surface area contributed by atoms with Crippen molar-refractivity contribution in [3.05, 3.63) is 12.2 Å². The van der Waals surface area contributed by atoms with E-state index in [9.17, 15) is 4.79 Å². The van der Waals surface area contributed by atoms with Crippen LogP contribution in [0.15, 0.2) is 12.2 Å². The highest BCUT2D eigenvalue weighted by Gasteiger charge is 1.98. The van der Waals surface area contributed by atoms with Gasteiger partial charge in [-0.25, -0.2) is 4.79 Å². The van der Waals surface area contributed by atoms with Gasteiger partial charge in [-0.2, -0.15) is 0 Å². The van der Waals surface area contributed by atoms with Crippen LogP contribution in [0, 0.1) is 0 Å². The summed E-state index contributed by atoms with van der Waals surface area (Å²) in [6.45, 7) is 10.7. The van der Waals surface area contributed by atoms with E-state index in [0.717, 1.165) is 0 Å². The van der Waals surface area contributed by atoms with Crippen molar-refractivity contribution in [2.45, 2.75) is 72.1 Å². The smallest absolute Gasteiger partial charge is 0.333 e. The minimum absolute atomic E-state index is 0. The maximum Gasteiger partial charge on any atom is 0.333 e. The lowest BCUT2D eigenvalue weighted by molar-refractivity contribution is -0.138. The number of carbonyl (C=O) groups is 1. The Balaban J connectivity index is -0.000000348. The Bertz CT molecular complexity index is 255. The molecule has 0 heterocycles. The van der Waals surface area contributed by atoms with E-state index in [0.29, 0.717) is 12.2 Å². The van der Waals surface area contributed by atoms with Crippen LogP contribution in [0.1, 0.15) is 72.1 Å². The van der Waals surface area contributed by atoms with Crippen LogP contribution < -0.4 is 0 Å². The van der Waals surface area contributed by atoms with Crippen molar-refractivity contribution in [1.29, 1.82) is 0 Å². The van der Waals surface area contributed by atoms with Gasteiger partial charge in [0, 0.05) is 5.57 Å². The van der Waals surface area contributed by atoms with Gasteiger partial charge in [0.25, 0.3) is 0 Å². The maximum absolute atomic E-state index is 10.4. The van der Waals surface area contributed by atoms with Gasteiger partial charge in [0.15, 0.2) is 0 Å². The lowest BCUT2D eigenvalue weighted by Gasteiger charge is -2.08. The van der Waals surface area contributed by atoms with Crippen LogP contribution >= 0.6 is 17.0 Å². The highest BCUT2D eigenvalue weighted by atomic mass is 79.9. The molecule has 0 unspecified atom stereocenters. The predicted molar refractivity (Wildman–Crippen MR) is 103 cm³/mol. The normalized spacial score (nSPS) is 9.55. The number of halogens is 1. The summed E-state index contributed by atoms with van der Waals surface area (Å²) >= 11 is 0. The van der Waals surface area contributed by atoms with Gasteiger partial charge in [0.05, 0.1) is 6.61 Å². The number of hydrogen-bond donors (Lipinski definition) is 0. The molecule has 0 aliphatic heterocycles. The molecule has 0 radical (unpaired) electrons. The first-order valence-electron chi connectivity index (χ1n) is 8.43. The molecule has 0 aromatic carbocycles. The Kier molecular flexibility index (Phi) is 24.9. The molecule has 0 saturated carbocycles. The van der Waals surface area contributed by atoms with E-state index in [2.05, 4.69) is 37.2 Å². The molecule has 0 N–H and O–H groups in total. The fourth-order valence-corrected chi connectivity index (χ4v) is 1.82. The van der Waals surface area contributed by atoms with Crippen LogP contribution in [0.5, 0.6) is 0 Å². The van der Waals surface area contributed by atoms with Crippen molar-refractivity contribution < 1.29 is 9.53 Å². The zero-order valence-corrected chi connectivity index (χ0v) is 17.2. The molecule has 0 aliphatic rings. The molecule has 0 amide bonds. The van der Waals surface area contributed by atoms with Gasteiger partial charge in [0.2, 0.25) is 0 Å². The molecule has 0 aromatic heterocycles. The van der Waals surface area contributed by atoms with Gasteiger partial charge >= 0.3 is 5.97 Å². The van der Waals surface area contributed by atoms with E-state index >= 15 is 0 Å². The highest BCUT2D eigenvalue weighted by Crippen LogP contribution is 2.08. The molecular weight excluding hydrogens is 342 g/mol. The van der Waals surface area contributed by atoms with E-state index < -0.39 is 0 Å². The highest BCUT2D eigenvalue weighted by molar-refractivity contribution is 8.93. The summed E-state index contributed by atoms with van der Waals surface area (Å²) in [5, 5.41) is 0. The number of hydrogen-bond acceptors (Lipinski definition) is 3. The first-order chi connectivity index (χ1) is 9.95. The lowest BCUT2D eigenvalue weighted by atomic mass is 10.1. The Morgan fingerprint density at radius 3 is 1.73 bits per heavy atom. The molecule has 0 spiro atoms. The minimum atomic E-state index is -0.312. The van der Waals surface area contributed by atoms with E-state index in [1.807, 2.05) is 0 Å². The third-order valence-corrected chi connectivity index (χ3v) is 3.08. The Morgan fingerprint density at radius 1 is 0.955 bits per heavy atom. The van der Waals surface area contributed by atoms with Crippen LogP contribution in [-0.4, -0.2) is 38.1 Å². The Morgan fingerprint density at radius 2 is 1.41 bits per heavy atom. The van der Waals surface area contributed by atoms with Crippen LogP contribution in [-0.2, 0) is 9.53 Å². The van der Waals surface area contributed by atoms with Crippen LogP contribution in [0.4, 0.5) is 0 Å². The second-order valence-electron chi connectivity index (χ2n) is 5.78. The number of rotatable bonds is 11. The van der Waals surface area contributed by atoms with E-state index in [1.54, 1.807) is 13.8 Å². The number of unbranched alkanes of at least 4 members (excludes halogenated alkanes) is 7. The van der Waals surface area contributed by atoms with E-state index in [4.69, 9.17) is 0 Å². The van der Waals surface area contributed by atoms with Crippen molar-refractivity contribution in [1.82, 2.24) is 4.90 Å². The predicted octanol–water partition coefficient (Wildman–Crippen LogP) is 5.39. The molecule has 0 saturated heterocycles. The molecule has 0 aromatic rings. The van der Waals surface area contributed by atoms with Gasteiger partial charge in [-0.05, 0) is 40.9 Å². The number of carbonyl (C=O) groups excluding carboxylic acids is 1. The summed E-state index contributed by atoms with van der Waals surface area (Å²) in [4.78, 5) is 12.7. The summed E-state index contributed by atoms with van der Waals surface area (Å²) in [5.74, 6) is -0.312. The fourth-order valence-electron chi connectivity index (χ4n) is 1.82. The topological polar surface area (TPSA) is 29.5 Å². The number of esters is 1. The Labute approximate surface area is 149 Å². The fraction of sp³-hybridized carbons (Fsp3) is 0.833. The third-order valence-electron chi connectivity index (χ3n) is 3.08. The summed E-state index contributed by atoms with van der Waals surface area (Å²) < 4.78 is 4.56. The standard InChI is InChI=1S/C12H27N.C6H10O2.BrH/c1-4-5-6-7-8-9-10-11-12-13(2)3;1-4-8-6(7)5(2)3;/h4-12H2,1-3H3;2,4H2,1,3H3;1H. The van der Waals surface area contributed by atoms with Crippen molar-refractivity contribution in [2.24, 2.45) is 0 Å². The molecular formula is C18H38BrNO2. The summed E-state index contributed by atoms with van der Waals surface area (Å²) in [6.07, 6.45) is 11.4. The number of nitrogens with zero attached hydrogens (tertiary/aromatic N) is 1. The van der Waals surface area contributed by atoms with Crippen LogP contribution in [0.2, 0.25) is 0 Å². The van der Waals surface area contributed by atoms with Crippen molar-refractivity contribution in [3.63, 3.8) is 0 Å². The molecule has 0 atom stereocenters. The lowest BCUT2D eigenvalue weighted by Crippen LogP contribution is -2.12. The summed E-state index contributed by atoms with van der Waals surface area (Å²) in [5.41, 5.74) is 0.451. The zero-order valence-electron chi connectivity index (χ0n) is 15.5. The molecule has 0 rings (SSSR count). The minimum Gasteiger partial charge on any atom is -0.463 e. The van der Waals surface area contributed by atoms with Crippen LogP contribution in [0.3, 0.4) is 0 Å². The van der Waals surface area contributed by atoms with Gasteiger partial charge in [0.1, 0.15) is 0 Å². The molecule has 0 bridgehead atoms. The average molecular weight is 380 g/mol. The zero-order chi connectivity index (χ0) is 16.5. The SMILES string of the molecule is Br.C=C(C)C(=O)OCC.CCCCCCCCCCN(C)C. The van der Waals surface area contributed by atoms with Gasteiger partial charge in [-0.1, -0.05) is 58.4 Å². The van der Waals surface area contributed by atoms with E-state index in [-0.39, 0.29) is 23.0 Å². The van der Waals surface area contributed by atoms with Gasteiger partial charge < -0.3 is 9.64 Å². The molecule has 3 nitrogen and oxygen atoms in total. The van der Waals surface area contributed by atoms with Crippen molar-refractivity contribution in [2.75, 3.05) is 27.2 Å². The Hall–Kier alpha value is -0.350. The monoisotopic (exact) mass is 379 g/mol.